The molecule has 1 amide bonds. The van der Waals surface area contributed by atoms with Crippen LogP contribution in [0.1, 0.15) is 62.5 Å². The van der Waals surface area contributed by atoms with Gasteiger partial charge in [-0.1, -0.05) is 27.2 Å². The number of nitrogen functional groups attached to an aromatic ring is 1. The van der Waals surface area contributed by atoms with Crippen molar-refractivity contribution in [3.05, 3.63) is 23.4 Å². The van der Waals surface area contributed by atoms with Crippen molar-refractivity contribution in [1.82, 2.24) is 10.3 Å². The van der Waals surface area contributed by atoms with Gasteiger partial charge >= 0.3 is 0 Å². The van der Waals surface area contributed by atoms with Crippen molar-refractivity contribution >= 4 is 11.7 Å². The molecule has 1 fully saturated rings. The first kappa shape index (κ1) is 15.8. The average molecular weight is 289 g/mol. The molecule has 2 atom stereocenters. The fourth-order valence-electron chi connectivity index (χ4n) is 3.46. The molecule has 0 bridgehead atoms. The minimum atomic E-state index is -0.0206. The third kappa shape index (κ3) is 4.45. The Morgan fingerprint density at radius 1 is 1.29 bits per heavy atom. The fourth-order valence-corrected chi connectivity index (χ4v) is 3.46. The van der Waals surface area contributed by atoms with Crippen LogP contribution in [-0.2, 0) is 6.42 Å². The smallest absolute Gasteiger partial charge is 0.251 e. The molecule has 0 spiro atoms. The zero-order valence-electron chi connectivity index (χ0n) is 13.4. The molecule has 4 nitrogen and oxygen atoms in total. The monoisotopic (exact) mass is 289 g/mol. The Labute approximate surface area is 127 Å². The van der Waals surface area contributed by atoms with Gasteiger partial charge in [0.05, 0.1) is 0 Å². The molecular formula is C17H27N3O. The number of nitrogens with one attached hydrogen (secondary N) is 1. The van der Waals surface area contributed by atoms with E-state index in [1.807, 2.05) is 6.07 Å². The predicted octanol–water partition coefficient (Wildman–Crippen LogP) is 3.17. The molecule has 0 aromatic carbocycles. The second-order valence-electron chi connectivity index (χ2n) is 6.61. The minimum Gasteiger partial charge on any atom is -0.384 e. The van der Waals surface area contributed by atoms with Crippen LogP contribution in [0.4, 0.5) is 5.82 Å². The molecule has 0 aliphatic heterocycles. The second kappa shape index (κ2) is 6.92. The molecule has 0 saturated heterocycles. The van der Waals surface area contributed by atoms with Gasteiger partial charge < -0.3 is 11.1 Å². The molecule has 1 aromatic heterocycles. The summed E-state index contributed by atoms with van der Waals surface area (Å²) in [7, 11) is 0. The first-order valence-corrected chi connectivity index (χ1v) is 8.05. The van der Waals surface area contributed by atoms with Crippen molar-refractivity contribution in [2.45, 2.75) is 58.9 Å². The number of pyridine rings is 1. The molecule has 116 valence electrons. The number of amides is 1. The predicted molar refractivity (Wildman–Crippen MR) is 86.1 cm³/mol. The van der Waals surface area contributed by atoms with Crippen molar-refractivity contribution in [3.63, 3.8) is 0 Å². The summed E-state index contributed by atoms with van der Waals surface area (Å²) in [6.07, 6.45) is 5.24. The van der Waals surface area contributed by atoms with Crippen LogP contribution >= 0.6 is 0 Å². The van der Waals surface area contributed by atoms with Gasteiger partial charge in [-0.05, 0) is 49.7 Å². The van der Waals surface area contributed by atoms with E-state index in [9.17, 15) is 4.79 Å². The molecule has 3 N–H and O–H groups in total. The second-order valence-corrected chi connectivity index (χ2v) is 6.61. The maximum atomic E-state index is 12.4. The first-order chi connectivity index (χ1) is 9.97. The number of carbonyl (C=O) groups is 1. The van der Waals surface area contributed by atoms with E-state index in [0.717, 1.165) is 31.4 Å². The van der Waals surface area contributed by atoms with Gasteiger partial charge in [-0.3, -0.25) is 4.79 Å². The maximum Gasteiger partial charge on any atom is 0.251 e. The van der Waals surface area contributed by atoms with Gasteiger partial charge in [-0.15, -0.1) is 0 Å². The van der Waals surface area contributed by atoms with E-state index in [-0.39, 0.29) is 11.9 Å². The van der Waals surface area contributed by atoms with E-state index in [2.05, 4.69) is 31.1 Å². The summed E-state index contributed by atoms with van der Waals surface area (Å²) in [5.74, 6) is 1.76. The highest BCUT2D eigenvalue weighted by Crippen LogP contribution is 2.28. The van der Waals surface area contributed by atoms with E-state index in [1.54, 1.807) is 6.07 Å². The zero-order chi connectivity index (χ0) is 15.4. The Morgan fingerprint density at radius 3 is 2.57 bits per heavy atom. The van der Waals surface area contributed by atoms with Crippen LogP contribution in [-0.4, -0.2) is 16.9 Å². The normalized spacial score (nSPS) is 25.6. The van der Waals surface area contributed by atoms with Crippen LogP contribution in [0.3, 0.4) is 0 Å². The summed E-state index contributed by atoms with van der Waals surface area (Å²) >= 11 is 0. The van der Waals surface area contributed by atoms with Gasteiger partial charge in [0.2, 0.25) is 0 Å². The summed E-state index contributed by atoms with van der Waals surface area (Å²) in [6.45, 7) is 6.62. The number of hydrogen-bond donors (Lipinski definition) is 2. The van der Waals surface area contributed by atoms with E-state index in [0.29, 0.717) is 23.2 Å². The molecule has 0 radical (unpaired) electrons. The lowest BCUT2D eigenvalue weighted by molar-refractivity contribution is 0.0911. The topological polar surface area (TPSA) is 68.0 Å². The third-order valence-electron chi connectivity index (χ3n) is 4.18. The first-order valence-electron chi connectivity index (χ1n) is 8.05. The van der Waals surface area contributed by atoms with Gasteiger partial charge in [0.25, 0.3) is 5.91 Å². The molecule has 1 aliphatic carbocycles. The molecule has 1 aliphatic rings. The van der Waals surface area contributed by atoms with Crippen molar-refractivity contribution in [2.24, 2.45) is 11.8 Å². The van der Waals surface area contributed by atoms with Crippen LogP contribution < -0.4 is 11.1 Å². The van der Waals surface area contributed by atoms with Crippen LogP contribution in [0.5, 0.6) is 0 Å². The van der Waals surface area contributed by atoms with Gasteiger partial charge in [0.15, 0.2) is 0 Å². The van der Waals surface area contributed by atoms with Crippen LogP contribution in [0.25, 0.3) is 0 Å². The van der Waals surface area contributed by atoms with E-state index in [1.165, 1.54) is 6.42 Å². The van der Waals surface area contributed by atoms with Crippen molar-refractivity contribution in [3.8, 4) is 0 Å². The highest BCUT2D eigenvalue weighted by Gasteiger charge is 2.25. The Bertz CT molecular complexity index is 491. The van der Waals surface area contributed by atoms with E-state index < -0.39 is 0 Å². The molecule has 21 heavy (non-hydrogen) atoms. The number of nitrogens with zero attached hydrogens (tertiary/aromatic N) is 1. The Kier molecular flexibility index (Phi) is 5.21. The minimum absolute atomic E-state index is 0.0206. The third-order valence-corrected chi connectivity index (χ3v) is 4.18. The number of aryl methyl sites for hydroxylation is 1. The summed E-state index contributed by atoms with van der Waals surface area (Å²) in [5, 5.41) is 3.17. The van der Waals surface area contributed by atoms with Crippen molar-refractivity contribution in [1.29, 1.82) is 0 Å². The summed E-state index contributed by atoms with van der Waals surface area (Å²) in [6, 6.07) is 3.81. The number of rotatable bonds is 4. The lowest BCUT2D eigenvalue weighted by atomic mass is 9.80. The molecular weight excluding hydrogens is 262 g/mol. The summed E-state index contributed by atoms with van der Waals surface area (Å²) < 4.78 is 0. The van der Waals surface area contributed by atoms with Gasteiger partial charge in [0.1, 0.15) is 5.82 Å². The molecule has 1 heterocycles. The Morgan fingerprint density at radius 2 is 1.95 bits per heavy atom. The highest BCUT2D eigenvalue weighted by molar-refractivity contribution is 5.95. The lowest BCUT2D eigenvalue weighted by Gasteiger charge is -2.32. The van der Waals surface area contributed by atoms with E-state index >= 15 is 0 Å². The van der Waals surface area contributed by atoms with Crippen molar-refractivity contribution in [2.75, 3.05) is 5.73 Å². The van der Waals surface area contributed by atoms with Crippen LogP contribution in [0, 0.1) is 11.8 Å². The largest absolute Gasteiger partial charge is 0.384 e. The Balaban J connectivity index is 2.06. The molecule has 2 unspecified atom stereocenters. The lowest BCUT2D eigenvalue weighted by Crippen LogP contribution is -2.40. The average Bonchev–Trinajstić information content (AvgIpc) is 2.37. The molecule has 2 rings (SSSR count). The number of hydrogen-bond acceptors (Lipinski definition) is 3. The quantitative estimate of drug-likeness (QED) is 0.894. The van der Waals surface area contributed by atoms with Crippen LogP contribution in [0.2, 0.25) is 0 Å². The zero-order valence-corrected chi connectivity index (χ0v) is 13.4. The van der Waals surface area contributed by atoms with Gasteiger partial charge in [-0.25, -0.2) is 4.98 Å². The van der Waals surface area contributed by atoms with Crippen molar-refractivity contribution < 1.29 is 4.79 Å². The molecule has 1 aromatic rings. The summed E-state index contributed by atoms with van der Waals surface area (Å²) in [4.78, 5) is 16.7. The van der Waals surface area contributed by atoms with Crippen LogP contribution in [0.15, 0.2) is 12.1 Å². The highest BCUT2D eigenvalue weighted by atomic mass is 16.1. The molecule has 1 saturated carbocycles. The number of carbonyl (C=O) groups excluding carboxylic acids is 1. The fraction of sp³-hybridized carbons (Fsp3) is 0.647. The SMILES string of the molecule is CCCc1cc(C(=O)NC2CC(C)CC(C)C2)cc(N)n1. The molecule has 4 heteroatoms. The van der Waals surface area contributed by atoms with E-state index in [4.69, 9.17) is 5.73 Å². The van der Waals surface area contributed by atoms with Gasteiger partial charge in [-0.2, -0.15) is 0 Å². The maximum absolute atomic E-state index is 12.4. The standard InChI is InChI=1S/C17H27N3O/c1-4-5-14-9-13(10-16(18)19-14)17(21)20-15-7-11(2)6-12(3)8-15/h9-12,15H,4-8H2,1-3H3,(H2,18,19)(H,20,21). The summed E-state index contributed by atoms with van der Waals surface area (Å²) in [5.41, 5.74) is 7.35. The number of anilines is 1. The number of aromatic nitrogens is 1. The Hall–Kier alpha value is -1.58. The van der Waals surface area contributed by atoms with Gasteiger partial charge in [0, 0.05) is 17.3 Å². The number of nitrogens with two attached hydrogens (primary N) is 1.